The van der Waals surface area contributed by atoms with Gasteiger partial charge in [-0.3, -0.25) is 4.79 Å². The van der Waals surface area contributed by atoms with E-state index in [0.29, 0.717) is 5.92 Å². The molecule has 1 unspecified atom stereocenters. The van der Waals surface area contributed by atoms with Crippen molar-refractivity contribution in [1.82, 2.24) is 5.32 Å². The van der Waals surface area contributed by atoms with Crippen molar-refractivity contribution in [3.05, 3.63) is 35.4 Å². The fraction of sp³-hybridized carbons (Fsp3) is 0.562. The molecule has 2 rings (SSSR count). The average Bonchev–Trinajstić information content (AvgIpc) is 2.43. The zero-order chi connectivity index (χ0) is 13.8. The minimum Gasteiger partial charge on any atom is -0.351 e. The van der Waals surface area contributed by atoms with Gasteiger partial charge in [-0.15, -0.1) is 0 Å². The summed E-state index contributed by atoms with van der Waals surface area (Å²) >= 11 is 0. The van der Waals surface area contributed by atoms with Crippen molar-refractivity contribution in [1.29, 1.82) is 0 Å². The largest absolute Gasteiger partial charge is 0.351 e. The maximum absolute atomic E-state index is 12.1. The van der Waals surface area contributed by atoms with E-state index in [0.717, 1.165) is 26.1 Å². The van der Waals surface area contributed by atoms with Gasteiger partial charge in [-0.25, -0.2) is 0 Å². The molecule has 0 radical (unpaired) electrons. The van der Waals surface area contributed by atoms with Gasteiger partial charge in [0.2, 0.25) is 0 Å². The zero-order valence-electron chi connectivity index (χ0n) is 12.2. The van der Waals surface area contributed by atoms with Gasteiger partial charge >= 0.3 is 0 Å². The molecule has 1 aliphatic heterocycles. The first-order chi connectivity index (χ1) is 9.08. The molecule has 1 heterocycles. The molecule has 0 aliphatic carbocycles. The number of carbonyl (C=O) groups is 1. The summed E-state index contributed by atoms with van der Waals surface area (Å²) in [6.07, 6.45) is 1.08. The molecule has 104 valence electrons. The van der Waals surface area contributed by atoms with Gasteiger partial charge in [-0.1, -0.05) is 38.1 Å². The fourth-order valence-corrected chi connectivity index (χ4v) is 2.61. The third-order valence-electron chi connectivity index (χ3n) is 3.94. The van der Waals surface area contributed by atoms with E-state index in [1.54, 1.807) is 0 Å². The molecule has 1 aromatic rings. The van der Waals surface area contributed by atoms with Gasteiger partial charge in [0.15, 0.2) is 6.04 Å². The second-order valence-electron chi connectivity index (χ2n) is 5.96. The molecule has 0 saturated carbocycles. The van der Waals surface area contributed by atoms with Crippen molar-refractivity contribution in [2.45, 2.75) is 39.8 Å². The van der Waals surface area contributed by atoms with Gasteiger partial charge in [0.05, 0.1) is 6.54 Å². The molecule has 0 fully saturated rings. The monoisotopic (exact) mass is 261 g/mol. The number of fused-ring (bicyclic) bond motifs is 1. The number of benzene rings is 1. The van der Waals surface area contributed by atoms with Gasteiger partial charge in [0.1, 0.15) is 6.54 Å². The Bertz CT molecular complexity index is 442. The van der Waals surface area contributed by atoms with E-state index >= 15 is 0 Å². The minimum atomic E-state index is 0.0344. The molecule has 3 heteroatoms. The van der Waals surface area contributed by atoms with Crippen molar-refractivity contribution in [2.75, 3.05) is 13.1 Å². The Hall–Kier alpha value is -1.35. The Balaban J connectivity index is 1.95. The number of hydrogen-bond acceptors (Lipinski definition) is 1. The van der Waals surface area contributed by atoms with E-state index < -0.39 is 0 Å². The van der Waals surface area contributed by atoms with E-state index in [1.807, 2.05) is 6.92 Å². The maximum Gasteiger partial charge on any atom is 0.278 e. The second-order valence-corrected chi connectivity index (χ2v) is 5.96. The fourth-order valence-electron chi connectivity index (χ4n) is 2.61. The molecule has 1 aliphatic rings. The number of carbonyl (C=O) groups excluding carboxylic acids is 1. The van der Waals surface area contributed by atoms with Crippen molar-refractivity contribution in [3.8, 4) is 0 Å². The molecule has 0 bridgehead atoms. The van der Waals surface area contributed by atoms with Crippen LogP contribution in [0.1, 0.15) is 31.9 Å². The first-order valence-corrected chi connectivity index (χ1v) is 7.27. The lowest BCUT2D eigenvalue weighted by molar-refractivity contribution is -0.929. The molecule has 0 aromatic heterocycles. The standard InChI is InChI=1S/C16H24N2O/c1-12(2)10-17-16(19)13(3)18-9-8-14-6-4-5-7-15(14)11-18/h4-7,12-13H,8-11H2,1-3H3,(H,17,19)/p+1/t13-/m1/s1. The molecule has 3 nitrogen and oxygen atoms in total. The van der Waals surface area contributed by atoms with Crippen LogP contribution in [0.5, 0.6) is 0 Å². The Morgan fingerprint density at radius 1 is 1.26 bits per heavy atom. The summed E-state index contributed by atoms with van der Waals surface area (Å²) in [5.74, 6) is 0.691. The van der Waals surface area contributed by atoms with Crippen molar-refractivity contribution in [3.63, 3.8) is 0 Å². The lowest BCUT2D eigenvalue weighted by Crippen LogP contribution is -3.16. The quantitative estimate of drug-likeness (QED) is 0.825. The molecule has 1 amide bonds. The van der Waals surface area contributed by atoms with Gasteiger partial charge in [0, 0.05) is 18.5 Å². The van der Waals surface area contributed by atoms with E-state index in [4.69, 9.17) is 0 Å². The van der Waals surface area contributed by atoms with Crippen LogP contribution >= 0.6 is 0 Å². The van der Waals surface area contributed by atoms with Crippen LogP contribution in [0.15, 0.2) is 24.3 Å². The summed E-state index contributed by atoms with van der Waals surface area (Å²) < 4.78 is 0. The van der Waals surface area contributed by atoms with Crippen LogP contribution in [0.25, 0.3) is 0 Å². The Kier molecular flexibility index (Phi) is 4.59. The normalized spacial score (nSPS) is 19.9. The third kappa shape index (κ3) is 3.57. The van der Waals surface area contributed by atoms with Crippen LogP contribution in [-0.4, -0.2) is 25.0 Å². The van der Waals surface area contributed by atoms with Gasteiger partial charge < -0.3 is 10.2 Å². The zero-order valence-corrected chi connectivity index (χ0v) is 12.2. The smallest absolute Gasteiger partial charge is 0.278 e. The van der Waals surface area contributed by atoms with Gasteiger partial charge in [0.25, 0.3) is 5.91 Å². The number of quaternary nitrogens is 1. The van der Waals surface area contributed by atoms with Crippen molar-refractivity contribution < 1.29 is 9.69 Å². The number of amides is 1. The van der Waals surface area contributed by atoms with E-state index in [9.17, 15) is 4.79 Å². The highest BCUT2D eigenvalue weighted by Gasteiger charge is 2.28. The Labute approximate surface area is 116 Å². The molecule has 0 saturated heterocycles. The highest BCUT2D eigenvalue weighted by atomic mass is 16.2. The van der Waals surface area contributed by atoms with Gasteiger partial charge in [-0.05, 0) is 18.4 Å². The molecule has 2 atom stereocenters. The molecule has 19 heavy (non-hydrogen) atoms. The summed E-state index contributed by atoms with van der Waals surface area (Å²) in [5, 5.41) is 3.04. The second kappa shape index (κ2) is 6.20. The molecule has 1 aromatic carbocycles. The van der Waals surface area contributed by atoms with Crippen LogP contribution in [0, 0.1) is 5.92 Å². The lowest BCUT2D eigenvalue weighted by atomic mass is 9.99. The van der Waals surface area contributed by atoms with Crippen LogP contribution in [0.3, 0.4) is 0 Å². The molecule has 2 N–H and O–H groups in total. The van der Waals surface area contributed by atoms with Crippen LogP contribution < -0.4 is 10.2 Å². The average molecular weight is 261 g/mol. The summed E-state index contributed by atoms with van der Waals surface area (Å²) in [7, 11) is 0. The lowest BCUT2D eigenvalue weighted by Gasteiger charge is -2.30. The highest BCUT2D eigenvalue weighted by molar-refractivity contribution is 5.79. The van der Waals surface area contributed by atoms with Gasteiger partial charge in [-0.2, -0.15) is 0 Å². The topological polar surface area (TPSA) is 33.5 Å². The summed E-state index contributed by atoms with van der Waals surface area (Å²) in [6, 6.07) is 8.61. The number of nitrogens with one attached hydrogen (secondary N) is 2. The summed E-state index contributed by atoms with van der Waals surface area (Å²) in [4.78, 5) is 13.5. The minimum absolute atomic E-state index is 0.0344. The maximum atomic E-state index is 12.1. The SMILES string of the molecule is CC(C)CNC(=O)[C@@H](C)[NH+]1CCc2ccccc2C1. The van der Waals surface area contributed by atoms with Crippen LogP contribution in [-0.2, 0) is 17.8 Å². The van der Waals surface area contributed by atoms with Crippen LogP contribution in [0.2, 0.25) is 0 Å². The first kappa shape index (κ1) is 14.1. The summed E-state index contributed by atoms with van der Waals surface area (Å²) in [5.41, 5.74) is 2.84. The van der Waals surface area contributed by atoms with E-state index in [1.165, 1.54) is 16.0 Å². The van der Waals surface area contributed by atoms with Crippen LogP contribution in [0.4, 0.5) is 0 Å². The summed E-state index contributed by atoms with van der Waals surface area (Å²) in [6.45, 7) is 9.07. The van der Waals surface area contributed by atoms with Crippen molar-refractivity contribution >= 4 is 5.91 Å². The first-order valence-electron chi connectivity index (χ1n) is 7.27. The third-order valence-corrected chi connectivity index (χ3v) is 3.94. The predicted molar refractivity (Wildman–Crippen MR) is 77.0 cm³/mol. The highest BCUT2D eigenvalue weighted by Crippen LogP contribution is 2.10. The van der Waals surface area contributed by atoms with E-state index in [2.05, 4.69) is 43.4 Å². The molecular weight excluding hydrogens is 236 g/mol. The van der Waals surface area contributed by atoms with Crippen molar-refractivity contribution in [2.24, 2.45) is 5.92 Å². The molecular formula is C16H25N2O+. The number of hydrogen-bond donors (Lipinski definition) is 2. The molecule has 0 spiro atoms. The Morgan fingerprint density at radius 3 is 2.63 bits per heavy atom. The number of rotatable bonds is 4. The Morgan fingerprint density at radius 2 is 1.95 bits per heavy atom. The van der Waals surface area contributed by atoms with E-state index in [-0.39, 0.29) is 11.9 Å². The predicted octanol–water partition coefficient (Wildman–Crippen LogP) is 0.788.